The van der Waals surface area contributed by atoms with Gasteiger partial charge >= 0.3 is 5.97 Å². The lowest BCUT2D eigenvalue weighted by Gasteiger charge is -2.07. The Morgan fingerprint density at radius 2 is 2.17 bits per heavy atom. The van der Waals surface area contributed by atoms with E-state index in [9.17, 15) is 9.18 Å². The molecule has 18 heavy (non-hydrogen) atoms. The molecule has 0 saturated carbocycles. The third-order valence-corrected chi connectivity index (χ3v) is 2.51. The second kappa shape index (κ2) is 5.14. The second-order valence-corrected chi connectivity index (χ2v) is 4.28. The zero-order chi connectivity index (χ0) is 13.1. The molecule has 0 aliphatic rings. The molecule has 2 aromatic rings. The van der Waals surface area contributed by atoms with Crippen molar-refractivity contribution >= 4 is 21.9 Å². The summed E-state index contributed by atoms with van der Waals surface area (Å²) in [5.41, 5.74) is -0.0853. The molecule has 0 bridgehead atoms. The largest absolute Gasteiger partial charge is 0.477 e. The van der Waals surface area contributed by atoms with E-state index >= 15 is 0 Å². The zero-order valence-electron chi connectivity index (χ0n) is 8.93. The Hall–Kier alpha value is -1.95. The number of carboxylic acid groups (broad SMARTS) is 1. The molecule has 0 radical (unpaired) electrons. The van der Waals surface area contributed by atoms with Crippen molar-refractivity contribution in [2.75, 3.05) is 0 Å². The van der Waals surface area contributed by atoms with Crippen molar-refractivity contribution in [3.63, 3.8) is 0 Å². The number of rotatable bonds is 3. The van der Waals surface area contributed by atoms with Crippen LogP contribution < -0.4 is 4.74 Å². The molecular weight excluding hydrogens is 305 g/mol. The lowest BCUT2D eigenvalue weighted by Crippen LogP contribution is -2.01. The molecule has 1 aromatic carbocycles. The Balaban J connectivity index is 2.37. The van der Waals surface area contributed by atoms with Crippen LogP contribution in [0.4, 0.5) is 4.39 Å². The fourth-order valence-electron chi connectivity index (χ4n) is 1.33. The van der Waals surface area contributed by atoms with Crippen LogP contribution in [0.15, 0.2) is 41.0 Å². The summed E-state index contributed by atoms with van der Waals surface area (Å²) in [6, 6.07) is 6.77. The van der Waals surface area contributed by atoms with Gasteiger partial charge in [0.05, 0.1) is 0 Å². The molecule has 4 nitrogen and oxygen atoms in total. The maximum atomic E-state index is 13.1. The summed E-state index contributed by atoms with van der Waals surface area (Å²) >= 11 is 3.12. The normalized spacial score (nSPS) is 10.1. The first-order valence-electron chi connectivity index (χ1n) is 4.88. The van der Waals surface area contributed by atoms with Crippen LogP contribution in [0, 0.1) is 5.82 Å². The van der Waals surface area contributed by atoms with E-state index in [1.54, 1.807) is 0 Å². The number of carbonyl (C=O) groups is 1. The first-order chi connectivity index (χ1) is 8.56. The maximum Gasteiger partial charge on any atom is 0.341 e. The molecule has 0 aliphatic heterocycles. The molecule has 0 unspecified atom stereocenters. The summed E-state index contributed by atoms with van der Waals surface area (Å²) in [7, 11) is 0. The van der Waals surface area contributed by atoms with Crippen molar-refractivity contribution in [3.8, 4) is 11.6 Å². The van der Waals surface area contributed by atoms with E-state index in [4.69, 9.17) is 9.84 Å². The van der Waals surface area contributed by atoms with Crippen LogP contribution in [-0.4, -0.2) is 16.1 Å². The van der Waals surface area contributed by atoms with Gasteiger partial charge in [-0.2, -0.15) is 0 Å². The van der Waals surface area contributed by atoms with Crippen molar-refractivity contribution in [1.82, 2.24) is 4.98 Å². The van der Waals surface area contributed by atoms with Gasteiger partial charge in [-0.3, -0.25) is 0 Å². The maximum absolute atomic E-state index is 13.1. The van der Waals surface area contributed by atoms with Gasteiger partial charge in [0.25, 0.3) is 0 Å². The van der Waals surface area contributed by atoms with Crippen molar-refractivity contribution < 1.29 is 19.0 Å². The predicted molar refractivity (Wildman–Crippen MR) is 65.4 cm³/mol. The van der Waals surface area contributed by atoms with Crippen molar-refractivity contribution in [2.45, 2.75) is 0 Å². The summed E-state index contributed by atoms with van der Waals surface area (Å²) in [5, 5.41) is 8.95. The number of hydrogen-bond acceptors (Lipinski definition) is 3. The van der Waals surface area contributed by atoms with Crippen LogP contribution in [0.1, 0.15) is 10.4 Å². The van der Waals surface area contributed by atoms with E-state index in [-0.39, 0.29) is 17.2 Å². The van der Waals surface area contributed by atoms with Gasteiger partial charge in [0.2, 0.25) is 5.88 Å². The van der Waals surface area contributed by atoms with Gasteiger partial charge in [-0.1, -0.05) is 15.9 Å². The van der Waals surface area contributed by atoms with Gasteiger partial charge in [-0.05, 0) is 24.3 Å². The van der Waals surface area contributed by atoms with Crippen LogP contribution in [0.5, 0.6) is 11.6 Å². The van der Waals surface area contributed by atoms with Crippen molar-refractivity contribution in [3.05, 3.63) is 52.4 Å². The summed E-state index contributed by atoms with van der Waals surface area (Å²) in [6.45, 7) is 0. The van der Waals surface area contributed by atoms with Crippen LogP contribution >= 0.6 is 15.9 Å². The topological polar surface area (TPSA) is 59.4 Å². The van der Waals surface area contributed by atoms with Crippen LogP contribution in [-0.2, 0) is 0 Å². The minimum atomic E-state index is -1.16. The lowest BCUT2D eigenvalue weighted by atomic mass is 10.3. The third kappa shape index (κ3) is 2.84. The van der Waals surface area contributed by atoms with Crippen LogP contribution in [0.2, 0.25) is 0 Å². The molecule has 0 spiro atoms. The summed E-state index contributed by atoms with van der Waals surface area (Å²) < 4.78 is 18.9. The van der Waals surface area contributed by atoms with E-state index in [2.05, 4.69) is 20.9 Å². The minimum absolute atomic E-state index is 0.0810. The number of halogens is 2. The van der Waals surface area contributed by atoms with Gasteiger partial charge < -0.3 is 9.84 Å². The quantitative estimate of drug-likeness (QED) is 0.943. The second-order valence-electron chi connectivity index (χ2n) is 3.37. The number of carboxylic acids is 1. The standard InChI is InChI=1S/C12H7BrFNO3/c13-7-4-8(14)6-9(5-7)18-11-10(12(16)17)2-1-3-15-11/h1-6H,(H,16,17). The Kier molecular flexibility index (Phi) is 3.57. The predicted octanol–water partition coefficient (Wildman–Crippen LogP) is 3.47. The number of ether oxygens (including phenoxy) is 1. The van der Waals surface area contributed by atoms with Gasteiger partial charge in [-0.15, -0.1) is 0 Å². The third-order valence-electron chi connectivity index (χ3n) is 2.05. The Labute approximate surface area is 110 Å². The Morgan fingerprint density at radius 3 is 2.83 bits per heavy atom. The molecule has 1 N–H and O–H groups in total. The molecule has 0 fully saturated rings. The minimum Gasteiger partial charge on any atom is -0.477 e. The molecule has 92 valence electrons. The fraction of sp³-hybridized carbons (Fsp3) is 0. The van der Waals surface area contributed by atoms with Crippen molar-refractivity contribution in [1.29, 1.82) is 0 Å². The summed E-state index contributed by atoms with van der Waals surface area (Å²) in [4.78, 5) is 14.8. The SMILES string of the molecule is O=C(O)c1cccnc1Oc1cc(F)cc(Br)c1. The fourth-order valence-corrected chi connectivity index (χ4v) is 1.78. The molecule has 0 atom stereocenters. The van der Waals surface area contributed by atoms with E-state index in [1.165, 1.54) is 30.5 Å². The number of pyridine rings is 1. The highest BCUT2D eigenvalue weighted by molar-refractivity contribution is 9.10. The Morgan fingerprint density at radius 1 is 1.39 bits per heavy atom. The number of nitrogens with zero attached hydrogens (tertiary/aromatic N) is 1. The first-order valence-corrected chi connectivity index (χ1v) is 5.68. The highest BCUT2D eigenvalue weighted by atomic mass is 79.9. The molecule has 0 saturated heterocycles. The highest BCUT2D eigenvalue weighted by Crippen LogP contribution is 2.26. The molecule has 1 aromatic heterocycles. The van der Waals surface area contributed by atoms with Crippen molar-refractivity contribution in [2.24, 2.45) is 0 Å². The molecule has 6 heteroatoms. The molecule has 1 heterocycles. The van der Waals surface area contributed by atoms with Gasteiger partial charge in [0, 0.05) is 16.7 Å². The Bertz CT molecular complexity index is 583. The van der Waals surface area contributed by atoms with E-state index in [0.717, 1.165) is 6.07 Å². The highest BCUT2D eigenvalue weighted by Gasteiger charge is 2.13. The molecule has 2 rings (SSSR count). The van der Waals surface area contributed by atoms with Crippen LogP contribution in [0.3, 0.4) is 0 Å². The van der Waals surface area contributed by atoms with E-state index in [1.807, 2.05) is 0 Å². The number of aromatic nitrogens is 1. The van der Waals surface area contributed by atoms with Gasteiger partial charge in [-0.25, -0.2) is 14.2 Å². The van der Waals surface area contributed by atoms with E-state index in [0.29, 0.717) is 4.47 Å². The molecule has 0 amide bonds. The lowest BCUT2D eigenvalue weighted by molar-refractivity contribution is 0.0693. The van der Waals surface area contributed by atoms with Crippen LogP contribution in [0.25, 0.3) is 0 Å². The first kappa shape index (κ1) is 12.5. The average Bonchev–Trinajstić information content (AvgIpc) is 2.27. The van der Waals surface area contributed by atoms with Gasteiger partial charge in [0.15, 0.2) is 0 Å². The number of hydrogen-bond donors (Lipinski definition) is 1. The summed E-state index contributed by atoms with van der Waals surface area (Å²) in [6.07, 6.45) is 1.40. The van der Waals surface area contributed by atoms with E-state index < -0.39 is 11.8 Å². The smallest absolute Gasteiger partial charge is 0.341 e. The number of benzene rings is 1. The van der Waals surface area contributed by atoms with Gasteiger partial charge in [0.1, 0.15) is 17.1 Å². The average molecular weight is 312 g/mol. The zero-order valence-corrected chi connectivity index (χ0v) is 10.5. The molecular formula is C12H7BrFNO3. The molecule has 0 aliphatic carbocycles. The summed E-state index contributed by atoms with van der Waals surface area (Å²) in [5.74, 6) is -1.56. The monoisotopic (exact) mass is 311 g/mol. The number of aromatic carboxylic acids is 1.